The van der Waals surface area contributed by atoms with Crippen molar-refractivity contribution >= 4 is 11.6 Å². The van der Waals surface area contributed by atoms with Gasteiger partial charge in [0.2, 0.25) is 0 Å². The van der Waals surface area contributed by atoms with Crippen molar-refractivity contribution in [2.75, 3.05) is 5.32 Å². The number of para-hydroxylation sites is 1. The lowest BCUT2D eigenvalue weighted by Gasteiger charge is -2.22. The van der Waals surface area contributed by atoms with Crippen LogP contribution in [0.15, 0.2) is 48.5 Å². The summed E-state index contributed by atoms with van der Waals surface area (Å²) >= 11 is 0. The van der Waals surface area contributed by atoms with E-state index >= 15 is 0 Å². The Bertz CT molecular complexity index is 706. The van der Waals surface area contributed by atoms with Crippen LogP contribution in [0, 0.1) is 6.92 Å². The Morgan fingerprint density at radius 3 is 2.54 bits per heavy atom. The van der Waals surface area contributed by atoms with Crippen LogP contribution in [0.1, 0.15) is 36.8 Å². The van der Waals surface area contributed by atoms with Gasteiger partial charge in [-0.15, -0.1) is 0 Å². The Labute approximate surface area is 142 Å². The van der Waals surface area contributed by atoms with Gasteiger partial charge in [0.15, 0.2) is 0 Å². The van der Waals surface area contributed by atoms with E-state index in [0.29, 0.717) is 19.4 Å². The highest BCUT2D eigenvalue weighted by atomic mass is 16.5. The van der Waals surface area contributed by atoms with Crippen molar-refractivity contribution < 1.29 is 14.6 Å². The average molecular weight is 325 g/mol. The zero-order chi connectivity index (χ0) is 17.0. The molecule has 4 heteroatoms. The molecule has 126 valence electrons. The van der Waals surface area contributed by atoms with E-state index in [4.69, 9.17) is 4.74 Å². The van der Waals surface area contributed by atoms with Gasteiger partial charge in [-0.1, -0.05) is 30.3 Å². The van der Waals surface area contributed by atoms with Gasteiger partial charge in [-0.05, 0) is 61.9 Å². The molecule has 2 aromatic rings. The Kier molecular flexibility index (Phi) is 4.86. The zero-order valence-electron chi connectivity index (χ0n) is 13.9. The van der Waals surface area contributed by atoms with Crippen LogP contribution in [0.2, 0.25) is 0 Å². The van der Waals surface area contributed by atoms with Crippen LogP contribution >= 0.6 is 0 Å². The second kappa shape index (κ2) is 7.05. The van der Waals surface area contributed by atoms with Gasteiger partial charge in [-0.25, -0.2) is 0 Å². The quantitative estimate of drug-likeness (QED) is 0.878. The molecule has 1 aliphatic carbocycles. The van der Waals surface area contributed by atoms with Crippen LogP contribution in [0.25, 0.3) is 0 Å². The number of aliphatic hydroxyl groups is 1. The highest BCUT2D eigenvalue weighted by molar-refractivity contribution is 5.98. The molecule has 2 aromatic carbocycles. The van der Waals surface area contributed by atoms with Gasteiger partial charge in [0.1, 0.15) is 18.0 Å². The molecule has 0 bridgehead atoms. The van der Waals surface area contributed by atoms with E-state index in [1.54, 1.807) is 0 Å². The normalized spacial score (nSPS) is 15.9. The monoisotopic (exact) mass is 325 g/mol. The Hall–Kier alpha value is -2.33. The molecule has 1 fully saturated rings. The van der Waals surface area contributed by atoms with Crippen LogP contribution in [-0.4, -0.2) is 16.6 Å². The van der Waals surface area contributed by atoms with E-state index in [9.17, 15) is 9.90 Å². The maximum atomic E-state index is 12.4. The maximum Gasteiger partial charge on any atom is 0.256 e. The molecule has 0 unspecified atom stereocenters. The van der Waals surface area contributed by atoms with Crippen molar-refractivity contribution in [2.45, 2.75) is 44.8 Å². The molecule has 3 rings (SSSR count). The van der Waals surface area contributed by atoms with Crippen molar-refractivity contribution in [3.8, 4) is 5.75 Å². The summed E-state index contributed by atoms with van der Waals surface area (Å²) in [6.45, 7) is 2.39. The molecule has 4 nitrogen and oxygen atoms in total. The van der Waals surface area contributed by atoms with Gasteiger partial charge in [-0.3, -0.25) is 4.79 Å². The summed E-state index contributed by atoms with van der Waals surface area (Å²) in [4.78, 5) is 12.4. The fraction of sp³-hybridized carbons (Fsp3) is 0.350. The number of carbonyl (C=O) groups excluding carboxylic acids is 1. The second-order valence-corrected chi connectivity index (χ2v) is 6.38. The number of hydrogen-bond acceptors (Lipinski definition) is 3. The predicted molar refractivity (Wildman–Crippen MR) is 94.0 cm³/mol. The molecule has 1 aliphatic rings. The van der Waals surface area contributed by atoms with Gasteiger partial charge in [-0.2, -0.15) is 0 Å². The number of anilines is 1. The molecule has 0 aromatic heterocycles. The van der Waals surface area contributed by atoms with Crippen molar-refractivity contribution in [1.82, 2.24) is 0 Å². The lowest BCUT2D eigenvalue weighted by Crippen LogP contribution is -2.40. The Morgan fingerprint density at radius 1 is 1.12 bits per heavy atom. The lowest BCUT2D eigenvalue weighted by molar-refractivity contribution is -0.133. The molecule has 2 N–H and O–H groups in total. The lowest BCUT2D eigenvalue weighted by atomic mass is 10.0. The SMILES string of the molecule is Cc1c(COc2ccccc2)cccc1NC(=O)C1(O)CCCC1. The first-order chi connectivity index (χ1) is 11.6. The Morgan fingerprint density at radius 2 is 1.83 bits per heavy atom. The van der Waals surface area contributed by atoms with Gasteiger partial charge >= 0.3 is 0 Å². The number of amides is 1. The summed E-state index contributed by atoms with van der Waals surface area (Å²) in [6, 6.07) is 15.4. The molecular weight excluding hydrogens is 302 g/mol. The third-order valence-electron chi connectivity index (χ3n) is 4.69. The molecule has 0 spiro atoms. The van der Waals surface area contributed by atoms with E-state index < -0.39 is 5.60 Å². The fourth-order valence-electron chi connectivity index (χ4n) is 3.08. The Balaban J connectivity index is 1.70. The van der Waals surface area contributed by atoms with E-state index in [2.05, 4.69) is 5.32 Å². The van der Waals surface area contributed by atoms with Crippen molar-refractivity contribution in [2.24, 2.45) is 0 Å². The van der Waals surface area contributed by atoms with Crippen molar-refractivity contribution in [3.63, 3.8) is 0 Å². The number of ether oxygens (including phenoxy) is 1. The molecular formula is C20H23NO3. The van der Waals surface area contributed by atoms with Gasteiger partial charge in [0.05, 0.1) is 0 Å². The van der Waals surface area contributed by atoms with Crippen LogP contribution in [0.4, 0.5) is 5.69 Å². The van der Waals surface area contributed by atoms with Gasteiger partial charge in [0.25, 0.3) is 5.91 Å². The number of benzene rings is 2. The number of hydrogen-bond donors (Lipinski definition) is 2. The van der Waals surface area contributed by atoms with Crippen LogP contribution < -0.4 is 10.1 Å². The molecule has 1 saturated carbocycles. The minimum absolute atomic E-state index is 0.302. The minimum atomic E-state index is -1.22. The molecule has 0 heterocycles. The van der Waals surface area contributed by atoms with E-state index in [1.807, 2.05) is 55.5 Å². The maximum absolute atomic E-state index is 12.4. The smallest absolute Gasteiger partial charge is 0.256 e. The van der Waals surface area contributed by atoms with E-state index in [-0.39, 0.29) is 5.91 Å². The van der Waals surface area contributed by atoms with Crippen LogP contribution in [0.5, 0.6) is 5.75 Å². The van der Waals surface area contributed by atoms with E-state index in [1.165, 1.54) is 0 Å². The molecule has 0 aliphatic heterocycles. The third-order valence-corrected chi connectivity index (χ3v) is 4.69. The molecule has 0 saturated heterocycles. The fourth-order valence-corrected chi connectivity index (χ4v) is 3.08. The summed E-state index contributed by atoms with van der Waals surface area (Å²) in [7, 11) is 0. The van der Waals surface area contributed by atoms with Crippen LogP contribution in [-0.2, 0) is 11.4 Å². The number of nitrogens with one attached hydrogen (secondary N) is 1. The molecule has 0 atom stereocenters. The second-order valence-electron chi connectivity index (χ2n) is 6.38. The minimum Gasteiger partial charge on any atom is -0.489 e. The summed E-state index contributed by atoms with van der Waals surface area (Å²) in [5, 5.41) is 13.3. The summed E-state index contributed by atoms with van der Waals surface area (Å²) in [5.41, 5.74) is 1.48. The highest BCUT2D eigenvalue weighted by Gasteiger charge is 2.38. The number of rotatable bonds is 5. The molecule has 1 amide bonds. The topological polar surface area (TPSA) is 58.6 Å². The third kappa shape index (κ3) is 3.60. The first-order valence-corrected chi connectivity index (χ1v) is 8.39. The van der Waals surface area contributed by atoms with Crippen molar-refractivity contribution in [1.29, 1.82) is 0 Å². The first kappa shape index (κ1) is 16.5. The standard InChI is InChI=1S/C20H23NO3/c1-15-16(14-24-17-9-3-2-4-10-17)8-7-11-18(15)21-19(22)20(23)12-5-6-13-20/h2-4,7-11,23H,5-6,12-14H2,1H3,(H,21,22). The largest absolute Gasteiger partial charge is 0.489 e. The first-order valence-electron chi connectivity index (χ1n) is 8.39. The van der Waals surface area contributed by atoms with E-state index in [0.717, 1.165) is 35.4 Å². The highest BCUT2D eigenvalue weighted by Crippen LogP contribution is 2.31. The zero-order valence-corrected chi connectivity index (χ0v) is 13.9. The predicted octanol–water partition coefficient (Wildman–Crippen LogP) is 3.82. The number of carbonyl (C=O) groups is 1. The molecule has 0 radical (unpaired) electrons. The van der Waals surface area contributed by atoms with Gasteiger partial charge < -0.3 is 15.2 Å². The van der Waals surface area contributed by atoms with Crippen molar-refractivity contribution in [3.05, 3.63) is 59.7 Å². The van der Waals surface area contributed by atoms with Gasteiger partial charge in [0, 0.05) is 5.69 Å². The summed E-state index contributed by atoms with van der Waals surface area (Å²) < 4.78 is 5.79. The molecule has 24 heavy (non-hydrogen) atoms. The summed E-state index contributed by atoms with van der Waals surface area (Å²) in [6.07, 6.45) is 2.87. The summed E-state index contributed by atoms with van der Waals surface area (Å²) in [5.74, 6) is 0.510. The average Bonchev–Trinajstić information content (AvgIpc) is 3.04. The van der Waals surface area contributed by atoms with Crippen LogP contribution in [0.3, 0.4) is 0 Å².